The van der Waals surface area contributed by atoms with Crippen molar-refractivity contribution in [2.24, 2.45) is 0 Å². The number of hydrogen-bond donors (Lipinski definition) is 0. The van der Waals surface area contributed by atoms with Gasteiger partial charge in [0.25, 0.3) is 6.71 Å². The van der Waals surface area contributed by atoms with Crippen LogP contribution in [0.3, 0.4) is 0 Å². The first-order valence-electron chi connectivity index (χ1n) is 15.9. The van der Waals surface area contributed by atoms with Crippen LogP contribution in [0, 0.1) is 0 Å². The van der Waals surface area contributed by atoms with Crippen LogP contribution in [-0.4, -0.2) is 11.3 Å². The second-order valence-corrected chi connectivity index (χ2v) is 12.2. The summed E-state index contributed by atoms with van der Waals surface area (Å²) in [5.41, 5.74) is 14.8. The summed E-state index contributed by atoms with van der Waals surface area (Å²) in [7, 11) is 0. The average molecular weight is 586 g/mol. The fraction of sp³-hybridized carbons (Fsp3) is 0. The van der Waals surface area contributed by atoms with E-state index in [9.17, 15) is 0 Å². The molecule has 2 aliphatic rings. The normalized spacial score (nSPS) is 12.7. The van der Waals surface area contributed by atoms with Gasteiger partial charge in [0.15, 0.2) is 0 Å². The number of aromatic nitrogens is 1. The standard InChI is InChI=1S/C42H28BN3/c1-4-15-29(16-5-1)44(30-17-6-2-7-18-30)32-27-39-41-40(28-32)46-37-25-12-10-21-33(37)34-22-14-24-36(42(34)46)43(41)35-23-11-13-26-38(35)45(39)31-19-8-3-9-20-31/h1-28H. The van der Waals surface area contributed by atoms with E-state index in [0.29, 0.717) is 0 Å². The predicted molar refractivity (Wildman–Crippen MR) is 195 cm³/mol. The van der Waals surface area contributed by atoms with E-state index in [-0.39, 0.29) is 6.71 Å². The molecule has 0 unspecified atom stereocenters. The SMILES string of the molecule is c1ccc(N(c2ccccc2)c2cc3c4c(c2)-n2c5ccccc5c5cccc(c52)B4c2ccccc2N3c2ccccc2)cc1. The van der Waals surface area contributed by atoms with Crippen LogP contribution in [0.25, 0.3) is 27.5 Å². The van der Waals surface area contributed by atoms with Gasteiger partial charge in [-0.1, -0.05) is 109 Å². The van der Waals surface area contributed by atoms with Gasteiger partial charge in [-0.2, -0.15) is 0 Å². The molecule has 10 rings (SSSR count). The smallest absolute Gasteiger partial charge is 0.252 e. The first-order chi connectivity index (χ1) is 22.9. The number of hydrogen-bond acceptors (Lipinski definition) is 2. The Bertz CT molecular complexity index is 2390. The maximum atomic E-state index is 2.53. The molecule has 0 atom stereocenters. The lowest BCUT2D eigenvalue weighted by molar-refractivity contribution is 1.16. The number of rotatable bonds is 4. The third-order valence-corrected chi connectivity index (χ3v) is 9.72. The van der Waals surface area contributed by atoms with E-state index >= 15 is 0 Å². The Balaban J connectivity index is 1.38. The van der Waals surface area contributed by atoms with E-state index < -0.39 is 0 Å². The van der Waals surface area contributed by atoms with E-state index in [0.717, 1.165) is 22.7 Å². The Morgan fingerprint density at radius 1 is 0.435 bits per heavy atom. The highest BCUT2D eigenvalue weighted by Crippen LogP contribution is 2.45. The second kappa shape index (κ2) is 9.75. The molecule has 7 aromatic carbocycles. The van der Waals surface area contributed by atoms with Gasteiger partial charge in [-0.25, -0.2) is 0 Å². The molecule has 0 aliphatic carbocycles. The minimum atomic E-state index is 0.109. The lowest BCUT2D eigenvalue weighted by atomic mass is 9.34. The molecule has 8 aromatic rings. The summed E-state index contributed by atoms with van der Waals surface area (Å²) in [5, 5.41) is 2.59. The lowest BCUT2D eigenvalue weighted by Gasteiger charge is -2.41. The zero-order valence-corrected chi connectivity index (χ0v) is 25.1. The largest absolute Gasteiger partial charge is 0.311 e. The highest BCUT2D eigenvalue weighted by Gasteiger charge is 2.42. The maximum absolute atomic E-state index is 2.53. The quantitative estimate of drug-likeness (QED) is 0.191. The van der Waals surface area contributed by atoms with Gasteiger partial charge in [-0.3, -0.25) is 0 Å². The molecule has 0 spiro atoms. The van der Waals surface area contributed by atoms with Crippen molar-refractivity contribution >= 4 is 79.0 Å². The van der Waals surface area contributed by atoms with Crippen LogP contribution in [0.1, 0.15) is 0 Å². The highest BCUT2D eigenvalue weighted by atomic mass is 15.2. The summed E-state index contributed by atoms with van der Waals surface area (Å²) in [5.74, 6) is 0. The summed E-state index contributed by atoms with van der Waals surface area (Å²) >= 11 is 0. The van der Waals surface area contributed by atoms with Crippen molar-refractivity contribution in [3.05, 3.63) is 170 Å². The summed E-state index contributed by atoms with van der Waals surface area (Å²) < 4.78 is 2.53. The second-order valence-electron chi connectivity index (χ2n) is 12.2. The molecule has 3 heterocycles. The zero-order chi connectivity index (χ0) is 30.2. The maximum Gasteiger partial charge on any atom is 0.252 e. The van der Waals surface area contributed by atoms with Crippen molar-refractivity contribution in [2.45, 2.75) is 0 Å². The molecular weight excluding hydrogens is 557 g/mol. The Kier molecular flexibility index (Phi) is 5.37. The molecule has 0 saturated carbocycles. The van der Waals surface area contributed by atoms with Crippen LogP contribution in [0.4, 0.5) is 34.1 Å². The molecule has 0 bridgehead atoms. The lowest BCUT2D eigenvalue weighted by Crippen LogP contribution is -2.60. The van der Waals surface area contributed by atoms with Gasteiger partial charge in [0.2, 0.25) is 0 Å². The predicted octanol–water partition coefficient (Wildman–Crippen LogP) is 8.87. The molecule has 0 N–H and O–H groups in total. The number of para-hydroxylation sites is 6. The van der Waals surface area contributed by atoms with E-state index in [1.54, 1.807) is 0 Å². The van der Waals surface area contributed by atoms with Crippen molar-refractivity contribution in [1.29, 1.82) is 0 Å². The third-order valence-electron chi connectivity index (χ3n) is 9.72. The van der Waals surface area contributed by atoms with Crippen molar-refractivity contribution in [1.82, 2.24) is 4.57 Å². The van der Waals surface area contributed by atoms with Gasteiger partial charge in [0, 0.05) is 50.4 Å². The molecule has 0 saturated heterocycles. The molecule has 0 fully saturated rings. The van der Waals surface area contributed by atoms with E-state index in [1.807, 2.05) is 0 Å². The van der Waals surface area contributed by atoms with Crippen molar-refractivity contribution < 1.29 is 0 Å². The Morgan fingerprint density at radius 3 is 1.78 bits per heavy atom. The minimum Gasteiger partial charge on any atom is -0.311 e. The van der Waals surface area contributed by atoms with Crippen LogP contribution >= 0.6 is 0 Å². The highest BCUT2D eigenvalue weighted by molar-refractivity contribution is 7.00. The van der Waals surface area contributed by atoms with Crippen molar-refractivity contribution in [2.75, 3.05) is 9.80 Å². The summed E-state index contributed by atoms with van der Waals surface area (Å²) in [6, 6.07) is 61.8. The summed E-state index contributed by atoms with van der Waals surface area (Å²) in [6.45, 7) is 0.109. The summed E-state index contributed by atoms with van der Waals surface area (Å²) in [4.78, 5) is 4.86. The minimum absolute atomic E-state index is 0.109. The van der Waals surface area contributed by atoms with Crippen LogP contribution < -0.4 is 26.2 Å². The Labute approximate surface area is 268 Å². The molecule has 2 aliphatic heterocycles. The zero-order valence-electron chi connectivity index (χ0n) is 25.1. The van der Waals surface area contributed by atoms with Gasteiger partial charge in [-0.15, -0.1) is 0 Å². The molecule has 3 nitrogen and oxygen atoms in total. The van der Waals surface area contributed by atoms with Gasteiger partial charge in [-0.05, 0) is 77.1 Å². The molecule has 4 heteroatoms. The number of nitrogens with zero attached hydrogens (tertiary/aromatic N) is 3. The molecular formula is C42H28BN3. The topological polar surface area (TPSA) is 11.4 Å². The number of anilines is 6. The fourth-order valence-corrected chi connectivity index (χ4v) is 7.93. The molecule has 0 amide bonds. The van der Waals surface area contributed by atoms with Crippen LogP contribution in [0.2, 0.25) is 0 Å². The van der Waals surface area contributed by atoms with Gasteiger partial charge >= 0.3 is 0 Å². The van der Waals surface area contributed by atoms with Crippen LogP contribution in [0.5, 0.6) is 0 Å². The molecule has 1 aromatic heterocycles. The Morgan fingerprint density at radius 2 is 1.02 bits per heavy atom. The molecule has 0 radical (unpaired) electrons. The third kappa shape index (κ3) is 3.50. The average Bonchev–Trinajstić information content (AvgIpc) is 3.47. The monoisotopic (exact) mass is 585 g/mol. The first kappa shape index (κ1) is 25.3. The van der Waals surface area contributed by atoms with Gasteiger partial charge < -0.3 is 14.4 Å². The van der Waals surface area contributed by atoms with Crippen LogP contribution in [0.15, 0.2) is 170 Å². The Hall–Kier alpha value is -6.00. The van der Waals surface area contributed by atoms with Crippen molar-refractivity contribution in [3.8, 4) is 5.69 Å². The van der Waals surface area contributed by atoms with Gasteiger partial charge in [0.1, 0.15) is 0 Å². The van der Waals surface area contributed by atoms with E-state index in [2.05, 4.69) is 184 Å². The van der Waals surface area contributed by atoms with Crippen molar-refractivity contribution in [3.63, 3.8) is 0 Å². The van der Waals surface area contributed by atoms with E-state index in [1.165, 1.54) is 55.3 Å². The van der Waals surface area contributed by atoms with Crippen LogP contribution in [-0.2, 0) is 0 Å². The van der Waals surface area contributed by atoms with E-state index in [4.69, 9.17) is 0 Å². The number of benzene rings is 7. The van der Waals surface area contributed by atoms with Gasteiger partial charge in [0.05, 0.1) is 11.2 Å². The molecule has 46 heavy (non-hydrogen) atoms. The first-order valence-corrected chi connectivity index (χ1v) is 15.9. The number of fused-ring (bicyclic) bond motifs is 7. The molecule has 214 valence electrons. The fourth-order valence-electron chi connectivity index (χ4n) is 7.93. The summed E-state index contributed by atoms with van der Waals surface area (Å²) in [6.07, 6.45) is 0.